The smallest absolute Gasteiger partial charge is 0.306 e. The lowest BCUT2D eigenvalue weighted by Crippen LogP contribution is -2.47. The molecule has 2 heterocycles. The molecule has 1 aromatic rings. The van der Waals surface area contributed by atoms with Crippen LogP contribution in [-0.4, -0.2) is 59.7 Å². The fourth-order valence-electron chi connectivity index (χ4n) is 2.36. The number of nitrogens with zero attached hydrogens (tertiary/aromatic N) is 4. The molecule has 0 aromatic carbocycles. The van der Waals surface area contributed by atoms with Crippen LogP contribution in [0.3, 0.4) is 0 Å². The summed E-state index contributed by atoms with van der Waals surface area (Å²) in [5.74, 6) is -0.0919. The monoisotopic (exact) mass is 344 g/mol. The third-order valence-electron chi connectivity index (χ3n) is 3.67. The normalized spacial score (nSPS) is 15.7. The largest absolute Gasteiger partial charge is 0.466 e. The molecule has 0 saturated carbocycles. The molecule has 0 bridgehead atoms. The number of anilines is 1. The molecular formula is C14H21FN4O3S. The maximum absolute atomic E-state index is 13.0. The van der Waals surface area contributed by atoms with Gasteiger partial charge in [-0.2, -0.15) is 0 Å². The molecule has 0 spiro atoms. The van der Waals surface area contributed by atoms with Crippen LogP contribution in [0.15, 0.2) is 11.0 Å². The predicted octanol–water partition coefficient (Wildman–Crippen LogP) is 0.872. The zero-order valence-corrected chi connectivity index (χ0v) is 14.1. The number of carbonyl (C=O) groups is 1. The first kappa shape index (κ1) is 17.7. The van der Waals surface area contributed by atoms with Crippen LogP contribution in [0, 0.1) is 0 Å². The summed E-state index contributed by atoms with van der Waals surface area (Å²) in [5, 5.41) is 0. The van der Waals surface area contributed by atoms with Gasteiger partial charge in [0.1, 0.15) is 0 Å². The number of hydrogen-bond donors (Lipinski definition) is 0. The number of carbonyl (C=O) groups excluding carboxylic acids is 1. The summed E-state index contributed by atoms with van der Waals surface area (Å²) in [6.07, 6.45) is 1.80. The molecule has 23 heavy (non-hydrogen) atoms. The number of halogens is 1. The van der Waals surface area contributed by atoms with E-state index in [9.17, 15) is 13.5 Å². The Labute approximate surface area is 138 Å². The average molecular weight is 344 g/mol. The molecule has 0 radical (unpaired) electrons. The summed E-state index contributed by atoms with van der Waals surface area (Å²) in [5.41, 5.74) is 0.0265. The van der Waals surface area contributed by atoms with E-state index in [1.807, 2.05) is 11.9 Å². The van der Waals surface area contributed by atoms with E-state index < -0.39 is 5.56 Å². The van der Waals surface area contributed by atoms with Crippen molar-refractivity contribution in [2.75, 3.05) is 44.7 Å². The number of esters is 1. The Morgan fingerprint density at radius 3 is 2.70 bits per heavy atom. The minimum Gasteiger partial charge on any atom is -0.466 e. The van der Waals surface area contributed by atoms with Gasteiger partial charge in [-0.3, -0.25) is 9.59 Å². The SMILES string of the molecule is CCOC(=O)CCc1cn(SF)c(=O)c(N2CCN(C)CC2)n1. The Morgan fingerprint density at radius 2 is 2.09 bits per heavy atom. The molecule has 1 aliphatic rings. The molecule has 0 aliphatic carbocycles. The number of likely N-dealkylation sites (N-methyl/N-ethyl adjacent to an activating group) is 1. The minimum absolute atomic E-state index is 0.151. The van der Waals surface area contributed by atoms with Crippen molar-refractivity contribution in [1.29, 1.82) is 0 Å². The number of rotatable bonds is 6. The molecule has 1 aliphatic heterocycles. The highest BCUT2D eigenvalue weighted by Crippen LogP contribution is 2.14. The summed E-state index contributed by atoms with van der Waals surface area (Å²) in [6, 6.07) is 0. The maximum Gasteiger partial charge on any atom is 0.306 e. The minimum atomic E-state index is -0.470. The van der Waals surface area contributed by atoms with Crippen molar-refractivity contribution >= 4 is 24.1 Å². The molecule has 1 fully saturated rings. The van der Waals surface area contributed by atoms with Gasteiger partial charge in [0.25, 0.3) is 0 Å². The second-order valence-electron chi connectivity index (χ2n) is 5.35. The van der Waals surface area contributed by atoms with Gasteiger partial charge in [-0.15, -0.1) is 3.89 Å². The van der Waals surface area contributed by atoms with Crippen LogP contribution < -0.4 is 10.5 Å². The molecule has 1 aromatic heterocycles. The molecule has 0 amide bonds. The number of ether oxygens (including phenoxy) is 1. The summed E-state index contributed by atoms with van der Waals surface area (Å²) in [6.45, 7) is 5.02. The van der Waals surface area contributed by atoms with Crippen LogP contribution in [0.1, 0.15) is 19.0 Å². The van der Waals surface area contributed by atoms with Crippen LogP contribution in [0.5, 0.6) is 0 Å². The second kappa shape index (κ2) is 8.30. The van der Waals surface area contributed by atoms with Gasteiger partial charge < -0.3 is 14.5 Å². The van der Waals surface area contributed by atoms with Gasteiger partial charge in [0, 0.05) is 38.8 Å². The highest BCUT2D eigenvalue weighted by molar-refractivity contribution is 7.92. The van der Waals surface area contributed by atoms with Crippen LogP contribution in [-0.2, 0) is 16.0 Å². The maximum atomic E-state index is 13.0. The van der Waals surface area contributed by atoms with Crippen LogP contribution in [0.25, 0.3) is 0 Å². The van der Waals surface area contributed by atoms with Crippen LogP contribution in [0.4, 0.5) is 9.70 Å². The highest BCUT2D eigenvalue weighted by Gasteiger charge is 2.20. The van der Waals surface area contributed by atoms with Gasteiger partial charge in [-0.1, -0.05) is 0 Å². The standard InChI is InChI=1S/C14H21FN4O3S/c1-3-22-12(20)5-4-11-10-19(23-15)14(21)13(16-11)18-8-6-17(2)7-9-18/h10H,3-9H2,1-2H3. The van der Waals surface area contributed by atoms with E-state index in [0.717, 1.165) is 17.1 Å². The zero-order chi connectivity index (χ0) is 16.8. The van der Waals surface area contributed by atoms with Gasteiger partial charge in [-0.05, 0) is 14.0 Å². The van der Waals surface area contributed by atoms with Crippen molar-refractivity contribution in [3.05, 3.63) is 22.2 Å². The fraction of sp³-hybridized carbons (Fsp3) is 0.643. The van der Waals surface area contributed by atoms with Crippen LogP contribution in [0.2, 0.25) is 0 Å². The zero-order valence-electron chi connectivity index (χ0n) is 13.3. The number of aryl methyl sites for hydroxylation is 1. The van der Waals surface area contributed by atoms with Crippen molar-refractivity contribution in [1.82, 2.24) is 13.9 Å². The molecule has 9 heteroatoms. The summed E-state index contributed by atoms with van der Waals surface area (Å²) in [7, 11) is 2.01. The molecule has 0 atom stereocenters. The van der Waals surface area contributed by atoms with Crippen molar-refractivity contribution in [3.8, 4) is 0 Å². The number of piperazine rings is 1. The van der Waals surface area contributed by atoms with E-state index in [1.165, 1.54) is 6.20 Å². The molecule has 0 N–H and O–H groups in total. The molecule has 128 valence electrons. The van der Waals surface area contributed by atoms with Gasteiger partial charge in [0.15, 0.2) is 18.2 Å². The lowest BCUT2D eigenvalue weighted by atomic mass is 10.2. The van der Waals surface area contributed by atoms with Crippen molar-refractivity contribution in [3.63, 3.8) is 0 Å². The first-order valence-corrected chi connectivity index (χ1v) is 8.23. The third-order valence-corrected chi connectivity index (χ3v) is 4.09. The Kier molecular flexibility index (Phi) is 6.40. The van der Waals surface area contributed by atoms with E-state index in [2.05, 4.69) is 9.88 Å². The molecule has 1 saturated heterocycles. The Balaban J connectivity index is 2.18. The van der Waals surface area contributed by atoms with E-state index in [1.54, 1.807) is 6.92 Å². The van der Waals surface area contributed by atoms with E-state index in [0.29, 0.717) is 31.8 Å². The fourth-order valence-corrected chi connectivity index (χ4v) is 2.67. The average Bonchev–Trinajstić information content (AvgIpc) is 2.55. The second-order valence-corrected chi connectivity index (χ2v) is 5.88. The van der Waals surface area contributed by atoms with Gasteiger partial charge in [0.2, 0.25) is 0 Å². The number of hydrogen-bond acceptors (Lipinski definition) is 7. The topological polar surface area (TPSA) is 67.7 Å². The Hall–Kier alpha value is -1.61. The first-order chi connectivity index (χ1) is 11.0. The van der Waals surface area contributed by atoms with Crippen molar-refractivity contribution in [2.24, 2.45) is 0 Å². The summed E-state index contributed by atoms with van der Waals surface area (Å²) in [4.78, 5) is 32.1. The van der Waals surface area contributed by atoms with E-state index in [-0.39, 0.29) is 30.5 Å². The summed E-state index contributed by atoms with van der Waals surface area (Å²) < 4.78 is 18.8. The summed E-state index contributed by atoms with van der Waals surface area (Å²) >= 11 is -0.156. The Bertz CT molecular complexity index is 602. The third kappa shape index (κ3) is 4.68. The van der Waals surface area contributed by atoms with Gasteiger partial charge >= 0.3 is 11.5 Å². The number of aromatic nitrogens is 2. The Morgan fingerprint density at radius 1 is 1.39 bits per heavy atom. The van der Waals surface area contributed by atoms with Crippen molar-refractivity contribution in [2.45, 2.75) is 19.8 Å². The predicted molar refractivity (Wildman–Crippen MR) is 87.3 cm³/mol. The van der Waals surface area contributed by atoms with E-state index in [4.69, 9.17) is 4.74 Å². The lowest BCUT2D eigenvalue weighted by Gasteiger charge is -2.32. The van der Waals surface area contributed by atoms with Gasteiger partial charge in [0.05, 0.1) is 18.7 Å². The van der Waals surface area contributed by atoms with Crippen LogP contribution >= 0.6 is 12.3 Å². The quantitative estimate of drug-likeness (QED) is 0.709. The van der Waals surface area contributed by atoms with Gasteiger partial charge in [-0.25, -0.2) is 8.96 Å². The lowest BCUT2D eigenvalue weighted by molar-refractivity contribution is -0.143. The molecule has 7 nitrogen and oxygen atoms in total. The highest BCUT2D eigenvalue weighted by atomic mass is 32.2. The van der Waals surface area contributed by atoms with Crippen molar-refractivity contribution < 1.29 is 13.4 Å². The first-order valence-electron chi connectivity index (χ1n) is 7.56. The molecule has 0 unspecified atom stereocenters. The molecular weight excluding hydrogens is 323 g/mol. The molecule has 2 rings (SSSR count). The van der Waals surface area contributed by atoms with E-state index >= 15 is 0 Å².